The average molecular weight is 435 g/mol. The number of nitrogens with one attached hydrogen (secondary N) is 1. The minimum Gasteiger partial charge on any atom is -0.368 e. The molecule has 1 aliphatic rings. The van der Waals surface area contributed by atoms with Crippen LogP contribution in [-0.2, 0) is 0 Å². The highest BCUT2D eigenvalue weighted by atomic mass is 19.1. The molecule has 0 spiro atoms. The van der Waals surface area contributed by atoms with Gasteiger partial charge in [-0.25, -0.2) is 8.78 Å². The molecular weight excluding hydrogens is 412 g/mol. The molecule has 0 aliphatic carbocycles. The average Bonchev–Trinajstić information content (AvgIpc) is 2.81. The fourth-order valence-electron chi connectivity index (χ4n) is 3.73. The Kier molecular flexibility index (Phi) is 6.16. The third-order valence-electron chi connectivity index (χ3n) is 5.61. The van der Waals surface area contributed by atoms with E-state index in [0.717, 1.165) is 11.3 Å². The second-order valence-corrected chi connectivity index (χ2v) is 7.72. The molecule has 1 saturated heterocycles. The van der Waals surface area contributed by atoms with Crippen molar-refractivity contribution in [3.63, 3.8) is 0 Å². The molecule has 3 aromatic rings. The first-order valence-electron chi connectivity index (χ1n) is 10.4. The van der Waals surface area contributed by atoms with Crippen LogP contribution in [0, 0.1) is 18.6 Å². The van der Waals surface area contributed by atoms with E-state index < -0.39 is 11.7 Å². The monoisotopic (exact) mass is 435 g/mol. The van der Waals surface area contributed by atoms with E-state index in [1.807, 2.05) is 6.92 Å². The number of nitrogens with zero attached hydrogens (tertiary/aromatic N) is 2. The largest absolute Gasteiger partial charge is 0.368 e. The Bertz CT molecular complexity index is 1140. The van der Waals surface area contributed by atoms with Gasteiger partial charge in [0.1, 0.15) is 11.6 Å². The van der Waals surface area contributed by atoms with E-state index in [1.165, 1.54) is 30.3 Å². The summed E-state index contributed by atoms with van der Waals surface area (Å²) in [6.45, 7) is 4.15. The van der Waals surface area contributed by atoms with Crippen molar-refractivity contribution in [2.75, 3.05) is 36.4 Å². The summed E-state index contributed by atoms with van der Waals surface area (Å²) < 4.78 is 27.1. The lowest BCUT2D eigenvalue weighted by molar-refractivity contribution is 0.0746. The zero-order chi connectivity index (χ0) is 22.7. The van der Waals surface area contributed by atoms with E-state index in [4.69, 9.17) is 0 Å². The predicted octanol–water partition coefficient (Wildman–Crippen LogP) is 4.49. The number of carbonyl (C=O) groups excluding carboxylic acids is 2. The van der Waals surface area contributed by atoms with Crippen LogP contribution >= 0.6 is 0 Å². The van der Waals surface area contributed by atoms with Crippen LogP contribution in [0.2, 0.25) is 0 Å². The summed E-state index contributed by atoms with van der Waals surface area (Å²) in [6, 6.07) is 17.2. The van der Waals surface area contributed by atoms with Gasteiger partial charge in [-0.2, -0.15) is 0 Å². The van der Waals surface area contributed by atoms with Crippen LogP contribution in [0.25, 0.3) is 0 Å². The van der Waals surface area contributed by atoms with Gasteiger partial charge in [-0.05, 0) is 61.0 Å². The highest BCUT2D eigenvalue weighted by molar-refractivity contribution is 6.05. The third-order valence-corrected chi connectivity index (χ3v) is 5.61. The van der Waals surface area contributed by atoms with Gasteiger partial charge in [0, 0.05) is 43.1 Å². The predicted molar refractivity (Wildman–Crippen MR) is 120 cm³/mol. The smallest absolute Gasteiger partial charge is 0.258 e. The molecule has 5 nitrogen and oxygen atoms in total. The number of carbonyl (C=O) groups is 2. The Morgan fingerprint density at radius 2 is 1.56 bits per heavy atom. The summed E-state index contributed by atoms with van der Waals surface area (Å²) in [7, 11) is 0. The number of halogens is 2. The Balaban J connectivity index is 1.44. The molecule has 32 heavy (non-hydrogen) atoms. The number of benzene rings is 3. The van der Waals surface area contributed by atoms with Gasteiger partial charge in [-0.1, -0.05) is 18.2 Å². The van der Waals surface area contributed by atoms with Crippen LogP contribution in [0.15, 0.2) is 66.7 Å². The molecule has 0 bridgehead atoms. The van der Waals surface area contributed by atoms with Crippen LogP contribution in [-0.4, -0.2) is 42.9 Å². The van der Waals surface area contributed by atoms with Gasteiger partial charge in [-0.3, -0.25) is 9.59 Å². The highest BCUT2D eigenvalue weighted by Crippen LogP contribution is 2.22. The summed E-state index contributed by atoms with van der Waals surface area (Å²) in [5, 5.41) is 2.71. The highest BCUT2D eigenvalue weighted by Gasteiger charge is 2.23. The summed E-state index contributed by atoms with van der Waals surface area (Å²) in [5.41, 5.74) is 2.56. The van der Waals surface area contributed by atoms with Crippen LogP contribution in [0.5, 0.6) is 0 Å². The number of amides is 2. The molecule has 4 rings (SSSR count). The number of anilines is 2. The summed E-state index contributed by atoms with van der Waals surface area (Å²) in [4.78, 5) is 29.4. The number of aryl methyl sites for hydroxylation is 1. The summed E-state index contributed by atoms with van der Waals surface area (Å²) >= 11 is 0. The van der Waals surface area contributed by atoms with Crippen LogP contribution in [0.4, 0.5) is 20.2 Å². The molecule has 1 N–H and O–H groups in total. The number of piperazine rings is 1. The standard InChI is InChI=1S/C25H23F2N3O2/c1-17-6-7-18(16-23(17)28-24(31)21-4-2-3-5-22(21)27)25(32)30-14-12-29(13-15-30)20-10-8-19(26)9-11-20/h2-11,16H,12-15H2,1H3,(H,28,31). The van der Waals surface area contributed by atoms with Gasteiger partial charge in [0.2, 0.25) is 0 Å². The molecule has 0 radical (unpaired) electrons. The molecule has 7 heteroatoms. The maximum absolute atomic E-state index is 13.9. The van der Waals surface area contributed by atoms with E-state index in [9.17, 15) is 18.4 Å². The topological polar surface area (TPSA) is 52.7 Å². The van der Waals surface area contributed by atoms with Crippen LogP contribution in [0.3, 0.4) is 0 Å². The van der Waals surface area contributed by atoms with E-state index in [1.54, 1.807) is 41.3 Å². The van der Waals surface area contributed by atoms with Crippen molar-refractivity contribution >= 4 is 23.2 Å². The Hall–Kier alpha value is -3.74. The summed E-state index contributed by atoms with van der Waals surface area (Å²) in [6.07, 6.45) is 0. The zero-order valence-electron chi connectivity index (χ0n) is 17.6. The second-order valence-electron chi connectivity index (χ2n) is 7.72. The molecule has 3 aromatic carbocycles. The first-order valence-corrected chi connectivity index (χ1v) is 10.4. The maximum atomic E-state index is 13.9. The lowest BCUT2D eigenvalue weighted by atomic mass is 10.1. The van der Waals surface area contributed by atoms with Crippen LogP contribution in [0.1, 0.15) is 26.3 Å². The lowest BCUT2D eigenvalue weighted by Crippen LogP contribution is -2.48. The van der Waals surface area contributed by atoms with Crippen molar-refractivity contribution in [2.45, 2.75) is 6.92 Å². The van der Waals surface area contributed by atoms with Gasteiger partial charge in [0.25, 0.3) is 11.8 Å². The van der Waals surface area contributed by atoms with E-state index in [2.05, 4.69) is 10.2 Å². The van der Waals surface area contributed by atoms with Crippen molar-refractivity contribution in [1.82, 2.24) is 4.90 Å². The van der Waals surface area contributed by atoms with Crippen LogP contribution < -0.4 is 10.2 Å². The number of hydrogen-bond donors (Lipinski definition) is 1. The third kappa shape index (κ3) is 4.61. The molecule has 2 amide bonds. The lowest BCUT2D eigenvalue weighted by Gasteiger charge is -2.36. The minimum atomic E-state index is -0.603. The molecule has 0 unspecified atom stereocenters. The van der Waals surface area contributed by atoms with Crippen molar-refractivity contribution in [2.24, 2.45) is 0 Å². The molecular formula is C25H23F2N3O2. The van der Waals surface area contributed by atoms with Crippen molar-refractivity contribution in [3.8, 4) is 0 Å². The quantitative estimate of drug-likeness (QED) is 0.657. The zero-order valence-corrected chi connectivity index (χ0v) is 17.6. The maximum Gasteiger partial charge on any atom is 0.258 e. The second kappa shape index (κ2) is 9.18. The minimum absolute atomic E-state index is 0.0551. The number of rotatable bonds is 4. The fraction of sp³-hybridized carbons (Fsp3) is 0.200. The molecule has 1 aliphatic heterocycles. The first-order chi connectivity index (χ1) is 15.4. The Morgan fingerprint density at radius 1 is 0.875 bits per heavy atom. The number of hydrogen-bond acceptors (Lipinski definition) is 3. The molecule has 0 aromatic heterocycles. The normalized spacial score (nSPS) is 13.7. The van der Waals surface area contributed by atoms with Gasteiger partial charge in [0.15, 0.2) is 0 Å². The Labute approximate surface area is 185 Å². The van der Waals surface area contributed by atoms with Crippen molar-refractivity contribution in [3.05, 3.63) is 95.1 Å². The molecule has 0 saturated carbocycles. The molecule has 1 heterocycles. The SMILES string of the molecule is Cc1ccc(C(=O)N2CCN(c3ccc(F)cc3)CC2)cc1NC(=O)c1ccccc1F. The molecule has 1 fully saturated rings. The summed E-state index contributed by atoms with van der Waals surface area (Å²) in [5.74, 6) is -1.58. The molecule has 164 valence electrons. The van der Waals surface area contributed by atoms with E-state index in [-0.39, 0.29) is 17.3 Å². The van der Waals surface area contributed by atoms with Crippen molar-refractivity contribution in [1.29, 1.82) is 0 Å². The van der Waals surface area contributed by atoms with Gasteiger partial charge < -0.3 is 15.1 Å². The van der Waals surface area contributed by atoms with E-state index >= 15 is 0 Å². The van der Waals surface area contributed by atoms with E-state index in [0.29, 0.717) is 37.4 Å². The van der Waals surface area contributed by atoms with Gasteiger partial charge in [0.05, 0.1) is 5.56 Å². The van der Waals surface area contributed by atoms with Gasteiger partial charge in [-0.15, -0.1) is 0 Å². The Morgan fingerprint density at radius 3 is 2.25 bits per heavy atom. The fourth-order valence-corrected chi connectivity index (χ4v) is 3.73. The van der Waals surface area contributed by atoms with Crippen molar-refractivity contribution < 1.29 is 18.4 Å². The first kappa shape index (κ1) is 21.5. The molecule has 0 atom stereocenters. The van der Waals surface area contributed by atoms with Gasteiger partial charge >= 0.3 is 0 Å².